The van der Waals surface area contributed by atoms with Gasteiger partial charge in [-0.05, 0) is 31.3 Å². The van der Waals surface area contributed by atoms with E-state index in [1.165, 1.54) is 11.3 Å². The van der Waals surface area contributed by atoms with Gasteiger partial charge in [-0.2, -0.15) is 16.9 Å². The van der Waals surface area contributed by atoms with Gasteiger partial charge < -0.3 is 10.4 Å². The smallest absolute Gasteiger partial charge is 0.0787 e. The van der Waals surface area contributed by atoms with Crippen LogP contribution in [0.4, 0.5) is 0 Å². The van der Waals surface area contributed by atoms with Crippen molar-refractivity contribution in [2.75, 3.05) is 18.1 Å². The summed E-state index contributed by atoms with van der Waals surface area (Å²) in [6, 6.07) is 0. The van der Waals surface area contributed by atoms with Crippen LogP contribution in [-0.2, 0) is 13.6 Å². The number of hydrogen-bond acceptors (Lipinski definition) is 4. The van der Waals surface area contributed by atoms with Crippen LogP contribution < -0.4 is 5.32 Å². The molecule has 0 atom stereocenters. The lowest BCUT2D eigenvalue weighted by Gasteiger charge is -2.31. The molecule has 96 valence electrons. The van der Waals surface area contributed by atoms with Crippen LogP contribution in [-0.4, -0.2) is 38.5 Å². The fourth-order valence-corrected chi connectivity index (χ4v) is 3.33. The van der Waals surface area contributed by atoms with Gasteiger partial charge in [-0.1, -0.05) is 0 Å². The first kappa shape index (κ1) is 12.9. The van der Waals surface area contributed by atoms with E-state index in [1.807, 2.05) is 29.7 Å². The Hall–Kier alpha value is -0.520. The number of aromatic nitrogens is 2. The molecule has 17 heavy (non-hydrogen) atoms. The Morgan fingerprint density at radius 3 is 2.82 bits per heavy atom. The van der Waals surface area contributed by atoms with Gasteiger partial charge in [0.2, 0.25) is 0 Å². The van der Waals surface area contributed by atoms with Gasteiger partial charge in [0.05, 0.1) is 11.8 Å². The Kier molecular flexibility index (Phi) is 4.12. The first-order valence-corrected chi connectivity index (χ1v) is 7.24. The second-order valence-electron chi connectivity index (χ2n) is 4.82. The molecule has 0 radical (unpaired) electrons. The van der Waals surface area contributed by atoms with E-state index in [9.17, 15) is 5.11 Å². The summed E-state index contributed by atoms with van der Waals surface area (Å²) in [5.41, 5.74) is 1.89. The SMILES string of the molecule is Cc1c(CNCC2(O)CCSCC2)cnn1C. The molecule has 2 heterocycles. The van der Waals surface area contributed by atoms with E-state index in [2.05, 4.69) is 17.3 Å². The van der Waals surface area contributed by atoms with Crippen LogP contribution in [0.2, 0.25) is 0 Å². The zero-order valence-corrected chi connectivity index (χ0v) is 11.4. The molecule has 1 aliphatic heterocycles. The molecule has 0 spiro atoms. The molecular weight excluding hydrogens is 234 g/mol. The van der Waals surface area contributed by atoms with Gasteiger partial charge in [0.25, 0.3) is 0 Å². The predicted octanol–water partition coefficient (Wildman–Crippen LogP) is 1.08. The number of thioether (sulfide) groups is 1. The van der Waals surface area contributed by atoms with E-state index in [-0.39, 0.29) is 0 Å². The van der Waals surface area contributed by atoms with Gasteiger partial charge in [-0.15, -0.1) is 0 Å². The summed E-state index contributed by atoms with van der Waals surface area (Å²) in [5, 5.41) is 17.9. The summed E-state index contributed by atoms with van der Waals surface area (Å²) in [6.07, 6.45) is 3.69. The third kappa shape index (κ3) is 3.24. The van der Waals surface area contributed by atoms with E-state index in [4.69, 9.17) is 0 Å². The number of nitrogens with zero attached hydrogens (tertiary/aromatic N) is 2. The molecule has 4 nitrogen and oxygen atoms in total. The maximum Gasteiger partial charge on any atom is 0.0787 e. The van der Waals surface area contributed by atoms with Crippen LogP contribution in [0.15, 0.2) is 6.20 Å². The number of hydrogen-bond donors (Lipinski definition) is 2. The fourth-order valence-electron chi connectivity index (χ4n) is 2.08. The van der Waals surface area contributed by atoms with Gasteiger partial charge in [-0.25, -0.2) is 0 Å². The minimum absolute atomic E-state index is 0.499. The number of aliphatic hydroxyl groups is 1. The van der Waals surface area contributed by atoms with E-state index < -0.39 is 5.60 Å². The van der Waals surface area contributed by atoms with Gasteiger partial charge in [0.1, 0.15) is 0 Å². The zero-order chi connectivity index (χ0) is 12.3. The van der Waals surface area contributed by atoms with Crippen LogP contribution in [0.1, 0.15) is 24.1 Å². The van der Waals surface area contributed by atoms with Crippen LogP contribution in [0, 0.1) is 6.92 Å². The van der Waals surface area contributed by atoms with Gasteiger partial charge in [0, 0.05) is 31.4 Å². The average Bonchev–Trinajstić information content (AvgIpc) is 2.62. The van der Waals surface area contributed by atoms with Gasteiger partial charge >= 0.3 is 0 Å². The van der Waals surface area contributed by atoms with E-state index in [0.29, 0.717) is 6.54 Å². The highest BCUT2D eigenvalue weighted by Crippen LogP contribution is 2.26. The van der Waals surface area contributed by atoms with Crippen LogP contribution in [0.3, 0.4) is 0 Å². The first-order valence-electron chi connectivity index (χ1n) is 6.09. The highest BCUT2D eigenvalue weighted by Gasteiger charge is 2.28. The average molecular weight is 255 g/mol. The van der Waals surface area contributed by atoms with Crippen molar-refractivity contribution in [2.24, 2.45) is 7.05 Å². The second kappa shape index (κ2) is 5.42. The standard InChI is InChI=1S/C12H21N3OS/c1-10-11(8-14-15(10)2)7-13-9-12(16)3-5-17-6-4-12/h8,13,16H,3-7,9H2,1-2H3. The Labute approximate surface area is 107 Å². The summed E-state index contributed by atoms with van der Waals surface area (Å²) in [6.45, 7) is 3.53. The van der Waals surface area contributed by atoms with Crippen molar-refractivity contribution in [2.45, 2.75) is 31.9 Å². The van der Waals surface area contributed by atoms with Crippen molar-refractivity contribution in [3.63, 3.8) is 0 Å². The normalized spacial score (nSPS) is 19.5. The van der Waals surface area contributed by atoms with Gasteiger partial charge in [-0.3, -0.25) is 4.68 Å². The van der Waals surface area contributed by atoms with E-state index >= 15 is 0 Å². The molecule has 0 saturated carbocycles. The molecule has 5 heteroatoms. The zero-order valence-electron chi connectivity index (χ0n) is 10.6. The Morgan fingerprint density at radius 2 is 2.24 bits per heavy atom. The monoisotopic (exact) mass is 255 g/mol. The summed E-state index contributed by atoms with van der Waals surface area (Å²) >= 11 is 1.93. The second-order valence-corrected chi connectivity index (χ2v) is 6.04. The van der Waals surface area contributed by atoms with E-state index in [1.54, 1.807) is 0 Å². The van der Waals surface area contributed by atoms with Crippen LogP contribution in [0.5, 0.6) is 0 Å². The molecule has 0 amide bonds. The van der Waals surface area contributed by atoms with Gasteiger partial charge in [0.15, 0.2) is 0 Å². The van der Waals surface area contributed by atoms with Crippen molar-refractivity contribution in [3.8, 4) is 0 Å². The highest BCUT2D eigenvalue weighted by molar-refractivity contribution is 7.99. The predicted molar refractivity (Wildman–Crippen MR) is 71.2 cm³/mol. The molecule has 1 aliphatic rings. The maximum atomic E-state index is 10.3. The third-order valence-electron chi connectivity index (χ3n) is 3.53. The summed E-state index contributed by atoms with van der Waals surface area (Å²) in [4.78, 5) is 0. The third-order valence-corrected chi connectivity index (χ3v) is 4.52. The Bertz CT molecular complexity index is 372. The van der Waals surface area contributed by atoms with Crippen LogP contribution >= 0.6 is 11.8 Å². The molecule has 1 saturated heterocycles. The lowest BCUT2D eigenvalue weighted by Crippen LogP contribution is -2.43. The molecule has 0 unspecified atom stereocenters. The number of rotatable bonds is 4. The van der Waals surface area contributed by atoms with Crippen molar-refractivity contribution in [1.29, 1.82) is 0 Å². The van der Waals surface area contributed by atoms with Crippen molar-refractivity contribution < 1.29 is 5.11 Å². The fraction of sp³-hybridized carbons (Fsp3) is 0.750. The minimum Gasteiger partial charge on any atom is -0.389 e. The maximum absolute atomic E-state index is 10.3. The van der Waals surface area contributed by atoms with Crippen molar-refractivity contribution >= 4 is 11.8 Å². The molecule has 2 rings (SSSR count). The van der Waals surface area contributed by atoms with Crippen molar-refractivity contribution in [3.05, 3.63) is 17.5 Å². The van der Waals surface area contributed by atoms with Crippen LogP contribution in [0.25, 0.3) is 0 Å². The lowest BCUT2D eigenvalue weighted by atomic mass is 9.97. The lowest BCUT2D eigenvalue weighted by molar-refractivity contribution is 0.0320. The molecule has 0 aromatic carbocycles. The number of aryl methyl sites for hydroxylation is 1. The Balaban J connectivity index is 1.81. The molecule has 1 fully saturated rings. The molecule has 0 aliphatic carbocycles. The first-order chi connectivity index (χ1) is 8.11. The van der Waals surface area contributed by atoms with E-state index in [0.717, 1.165) is 30.9 Å². The molecular formula is C12H21N3OS. The molecule has 1 aromatic heterocycles. The largest absolute Gasteiger partial charge is 0.389 e. The van der Waals surface area contributed by atoms with Crippen molar-refractivity contribution in [1.82, 2.24) is 15.1 Å². The molecule has 1 aromatic rings. The summed E-state index contributed by atoms with van der Waals surface area (Å²) < 4.78 is 1.88. The minimum atomic E-state index is -0.499. The quantitative estimate of drug-likeness (QED) is 0.845. The Morgan fingerprint density at radius 1 is 1.53 bits per heavy atom. The topological polar surface area (TPSA) is 50.1 Å². The highest BCUT2D eigenvalue weighted by atomic mass is 32.2. The molecule has 0 bridgehead atoms. The number of nitrogens with one attached hydrogen (secondary N) is 1. The summed E-state index contributed by atoms with van der Waals surface area (Å²) in [5.74, 6) is 2.15. The summed E-state index contributed by atoms with van der Waals surface area (Å²) in [7, 11) is 1.95. The molecule has 2 N–H and O–H groups in total.